The molecule has 0 unspecified atom stereocenters. The second kappa shape index (κ2) is 11.3. The van der Waals surface area contributed by atoms with Crippen molar-refractivity contribution in [2.45, 2.75) is 46.7 Å². The van der Waals surface area contributed by atoms with Gasteiger partial charge in [-0.3, -0.25) is 13.9 Å². The molecule has 1 N–H and O–H groups in total. The number of anilines is 1. The van der Waals surface area contributed by atoms with Crippen molar-refractivity contribution in [3.63, 3.8) is 0 Å². The molecular weight excluding hydrogens is 445 g/mol. The molecule has 0 aliphatic rings. The molecule has 0 heterocycles. The molecule has 180 valence electrons. The SMILES string of the molecule is CCCNC(=O)[C@@H](C)N(Cc1ccc(F)cc1)C(=O)CN(c1ccc(C)c(C)c1)S(C)(=O)=O. The van der Waals surface area contributed by atoms with Gasteiger partial charge in [-0.2, -0.15) is 0 Å². The largest absolute Gasteiger partial charge is 0.354 e. The molecule has 0 saturated heterocycles. The van der Waals surface area contributed by atoms with Crippen molar-refractivity contribution < 1.29 is 22.4 Å². The molecule has 1 atom stereocenters. The topological polar surface area (TPSA) is 86.8 Å². The Balaban J connectivity index is 2.38. The van der Waals surface area contributed by atoms with Crippen LogP contribution < -0.4 is 9.62 Å². The number of sulfonamides is 1. The Labute approximate surface area is 195 Å². The summed E-state index contributed by atoms with van der Waals surface area (Å²) < 4.78 is 39.5. The zero-order chi connectivity index (χ0) is 24.8. The van der Waals surface area contributed by atoms with Gasteiger partial charge in [-0.05, 0) is 68.1 Å². The van der Waals surface area contributed by atoms with Gasteiger partial charge in [0.25, 0.3) is 0 Å². The molecule has 2 aromatic rings. The number of nitrogens with one attached hydrogen (secondary N) is 1. The fourth-order valence-electron chi connectivity index (χ4n) is 3.26. The van der Waals surface area contributed by atoms with Crippen LogP contribution in [-0.4, -0.2) is 50.5 Å². The molecule has 0 saturated carbocycles. The van der Waals surface area contributed by atoms with Gasteiger partial charge in [0.15, 0.2) is 0 Å². The first-order valence-electron chi connectivity index (χ1n) is 10.8. The fraction of sp³-hybridized carbons (Fsp3) is 0.417. The standard InChI is InChI=1S/C24H32FN3O4S/c1-6-13-26-24(30)19(4)27(15-20-8-10-21(25)11-9-20)23(29)16-28(33(5,31)32)22-12-7-17(2)18(3)14-22/h7-12,14,19H,6,13,15-16H2,1-5H3,(H,26,30)/t19-/m1/s1. The van der Waals surface area contributed by atoms with Gasteiger partial charge >= 0.3 is 0 Å². The molecule has 2 rings (SSSR count). The number of nitrogens with zero attached hydrogens (tertiary/aromatic N) is 2. The number of hydrogen-bond donors (Lipinski definition) is 1. The molecule has 0 fully saturated rings. The summed E-state index contributed by atoms with van der Waals surface area (Å²) in [5, 5.41) is 2.77. The van der Waals surface area contributed by atoms with Crippen LogP contribution in [0.1, 0.15) is 37.0 Å². The maximum Gasteiger partial charge on any atom is 0.244 e. The number of aryl methyl sites for hydroxylation is 2. The summed E-state index contributed by atoms with van der Waals surface area (Å²) in [4.78, 5) is 27.3. The van der Waals surface area contributed by atoms with Gasteiger partial charge in [0.05, 0.1) is 11.9 Å². The van der Waals surface area contributed by atoms with Gasteiger partial charge in [-0.1, -0.05) is 25.1 Å². The molecule has 2 amide bonds. The van der Waals surface area contributed by atoms with Crippen molar-refractivity contribution in [3.8, 4) is 0 Å². The van der Waals surface area contributed by atoms with Crippen molar-refractivity contribution in [3.05, 3.63) is 65.0 Å². The summed E-state index contributed by atoms with van der Waals surface area (Å²) in [5.74, 6) is -1.30. The van der Waals surface area contributed by atoms with Crippen molar-refractivity contribution in [1.29, 1.82) is 0 Å². The summed E-state index contributed by atoms with van der Waals surface area (Å²) in [5.41, 5.74) is 2.89. The number of amides is 2. The van der Waals surface area contributed by atoms with Crippen molar-refractivity contribution in [2.75, 3.05) is 23.7 Å². The molecule has 7 nitrogen and oxygen atoms in total. The van der Waals surface area contributed by atoms with Gasteiger partial charge in [-0.15, -0.1) is 0 Å². The number of halogens is 1. The summed E-state index contributed by atoms with van der Waals surface area (Å²) in [6, 6.07) is 9.92. The van der Waals surface area contributed by atoms with Crippen LogP contribution >= 0.6 is 0 Å². The van der Waals surface area contributed by atoms with Crippen LogP contribution in [0, 0.1) is 19.7 Å². The molecule has 0 aromatic heterocycles. The van der Waals surface area contributed by atoms with Gasteiger partial charge in [0.1, 0.15) is 18.4 Å². The van der Waals surface area contributed by atoms with Crippen molar-refractivity contribution >= 4 is 27.5 Å². The zero-order valence-electron chi connectivity index (χ0n) is 19.8. The van der Waals surface area contributed by atoms with E-state index in [4.69, 9.17) is 0 Å². The zero-order valence-corrected chi connectivity index (χ0v) is 20.6. The highest BCUT2D eigenvalue weighted by atomic mass is 32.2. The van der Waals surface area contributed by atoms with Crippen LogP contribution in [0.25, 0.3) is 0 Å². The van der Waals surface area contributed by atoms with Crippen molar-refractivity contribution in [2.24, 2.45) is 0 Å². The number of carbonyl (C=O) groups is 2. The van der Waals surface area contributed by atoms with E-state index in [1.165, 1.54) is 29.2 Å². The van der Waals surface area contributed by atoms with E-state index in [0.29, 0.717) is 17.8 Å². The lowest BCUT2D eigenvalue weighted by Gasteiger charge is -2.31. The average Bonchev–Trinajstić information content (AvgIpc) is 2.76. The minimum atomic E-state index is -3.78. The van der Waals surface area contributed by atoms with E-state index >= 15 is 0 Å². The quantitative estimate of drug-likeness (QED) is 0.570. The van der Waals surface area contributed by atoms with Crippen molar-refractivity contribution in [1.82, 2.24) is 10.2 Å². The first-order chi connectivity index (χ1) is 15.4. The Morgan fingerprint density at radius 3 is 2.24 bits per heavy atom. The smallest absolute Gasteiger partial charge is 0.244 e. The summed E-state index contributed by atoms with van der Waals surface area (Å²) in [7, 11) is -3.78. The third kappa shape index (κ3) is 7.28. The normalized spacial score (nSPS) is 12.2. The van der Waals surface area contributed by atoms with E-state index in [9.17, 15) is 22.4 Å². The van der Waals surface area contributed by atoms with Crippen LogP contribution in [-0.2, 0) is 26.2 Å². The second-order valence-corrected chi connectivity index (χ2v) is 10.1. The predicted octanol–water partition coefficient (Wildman–Crippen LogP) is 3.15. The molecule has 33 heavy (non-hydrogen) atoms. The number of hydrogen-bond acceptors (Lipinski definition) is 4. The van der Waals surface area contributed by atoms with Gasteiger partial charge in [0, 0.05) is 13.1 Å². The van der Waals surface area contributed by atoms with Crippen LogP contribution in [0.15, 0.2) is 42.5 Å². The van der Waals surface area contributed by atoms with Crippen LogP contribution in [0.4, 0.5) is 10.1 Å². The molecular formula is C24H32FN3O4S. The average molecular weight is 478 g/mol. The Kier molecular flexibility index (Phi) is 8.99. The highest BCUT2D eigenvalue weighted by molar-refractivity contribution is 7.92. The van der Waals surface area contributed by atoms with E-state index in [2.05, 4.69) is 5.32 Å². The number of rotatable bonds is 10. The first-order valence-corrected chi connectivity index (χ1v) is 12.7. The fourth-order valence-corrected chi connectivity index (χ4v) is 4.10. The third-order valence-corrected chi connectivity index (χ3v) is 6.58. The Bertz CT molecular complexity index is 1090. The van der Waals surface area contributed by atoms with Gasteiger partial charge in [0.2, 0.25) is 21.8 Å². The van der Waals surface area contributed by atoms with E-state index in [1.807, 2.05) is 20.8 Å². The highest BCUT2D eigenvalue weighted by Gasteiger charge is 2.30. The molecule has 0 radical (unpaired) electrons. The van der Waals surface area contributed by atoms with E-state index < -0.39 is 34.3 Å². The molecule has 9 heteroatoms. The first kappa shape index (κ1) is 26.3. The predicted molar refractivity (Wildman–Crippen MR) is 128 cm³/mol. The minimum Gasteiger partial charge on any atom is -0.354 e. The maximum absolute atomic E-state index is 13.4. The maximum atomic E-state index is 13.4. The molecule has 2 aromatic carbocycles. The third-order valence-electron chi connectivity index (χ3n) is 5.44. The monoisotopic (exact) mass is 477 g/mol. The van der Waals surface area contributed by atoms with E-state index in [-0.39, 0.29) is 12.5 Å². The van der Waals surface area contributed by atoms with Crippen LogP contribution in [0.3, 0.4) is 0 Å². The molecule has 0 aliphatic carbocycles. The Morgan fingerprint density at radius 2 is 1.70 bits per heavy atom. The summed E-state index contributed by atoms with van der Waals surface area (Å²) in [6.45, 7) is 7.31. The summed E-state index contributed by atoms with van der Waals surface area (Å²) in [6.07, 6.45) is 1.77. The lowest BCUT2D eigenvalue weighted by atomic mass is 10.1. The lowest BCUT2D eigenvalue weighted by Crippen LogP contribution is -2.51. The van der Waals surface area contributed by atoms with E-state index in [0.717, 1.165) is 28.1 Å². The molecule has 0 aliphatic heterocycles. The second-order valence-electron chi connectivity index (χ2n) is 8.15. The molecule has 0 bridgehead atoms. The van der Waals surface area contributed by atoms with E-state index in [1.54, 1.807) is 25.1 Å². The van der Waals surface area contributed by atoms with Gasteiger partial charge in [-0.25, -0.2) is 12.8 Å². The number of carbonyl (C=O) groups excluding carboxylic acids is 2. The molecule has 0 spiro atoms. The Morgan fingerprint density at radius 1 is 1.06 bits per heavy atom. The van der Waals surface area contributed by atoms with Crippen LogP contribution in [0.2, 0.25) is 0 Å². The highest BCUT2D eigenvalue weighted by Crippen LogP contribution is 2.22. The minimum absolute atomic E-state index is 0.0321. The van der Waals surface area contributed by atoms with Gasteiger partial charge < -0.3 is 10.2 Å². The Hall–Kier alpha value is -2.94. The lowest BCUT2D eigenvalue weighted by molar-refractivity contribution is -0.139. The summed E-state index contributed by atoms with van der Waals surface area (Å²) >= 11 is 0. The van der Waals surface area contributed by atoms with Crippen LogP contribution in [0.5, 0.6) is 0 Å². The number of benzene rings is 2.